The Hall–Kier alpha value is -4.30. The maximum atomic E-state index is 12.9. The van der Waals surface area contributed by atoms with Gasteiger partial charge in [0, 0.05) is 24.4 Å². The molecule has 1 N–H and O–H groups in total. The molecule has 8 heteroatoms. The summed E-state index contributed by atoms with van der Waals surface area (Å²) in [4.78, 5) is 27.0. The minimum absolute atomic E-state index is 0.0951. The van der Waals surface area contributed by atoms with Crippen LogP contribution < -0.4 is 9.64 Å². The quantitative estimate of drug-likeness (QED) is 0.391. The highest BCUT2D eigenvalue weighted by Crippen LogP contribution is 2.42. The summed E-state index contributed by atoms with van der Waals surface area (Å²) in [6.07, 6.45) is -1.05. The van der Waals surface area contributed by atoms with E-state index >= 15 is 0 Å². The zero-order valence-corrected chi connectivity index (χ0v) is 20.7. The first-order valence-corrected chi connectivity index (χ1v) is 12.0. The van der Waals surface area contributed by atoms with Gasteiger partial charge in [-0.25, -0.2) is 9.59 Å². The van der Waals surface area contributed by atoms with Crippen LogP contribution in [0.5, 0.6) is 5.75 Å². The smallest absolute Gasteiger partial charge is 0.414 e. The normalized spacial score (nSPS) is 14.8. The number of hydrogen-bond acceptors (Lipinski definition) is 6. The Bertz CT molecular complexity index is 1430. The minimum Gasteiger partial charge on any atom is -0.487 e. The number of β-amino-alcohol motifs (C(OH)–C–C–N with tert-alkyl or cyclic N) is 1. The van der Waals surface area contributed by atoms with Gasteiger partial charge in [-0.05, 0) is 22.8 Å². The fraction of sp³-hybridized carbons (Fsp3) is 0.241. The predicted octanol–water partition coefficient (Wildman–Crippen LogP) is 4.55. The molecule has 1 amide bonds. The van der Waals surface area contributed by atoms with Crippen molar-refractivity contribution >= 4 is 28.7 Å². The van der Waals surface area contributed by atoms with Crippen LogP contribution in [0.25, 0.3) is 10.9 Å². The lowest BCUT2D eigenvalue weighted by molar-refractivity contribution is 0.0589. The molecule has 1 aliphatic heterocycles. The van der Waals surface area contributed by atoms with Gasteiger partial charge >= 0.3 is 12.1 Å². The third kappa shape index (κ3) is 4.75. The third-order valence-electron chi connectivity index (χ3n) is 6.57. The van der Waals surface area contributed by atoms with Crippen LogP contribution in [-0.4, -0.2) is 48.6 Å². The van der Waals surface area contributed by atoms with Crippen LogP contribution in [0, 0.1) is 0 Å². The number of aliphatic hydroxyl groups is 1. The average molecular weight is 501 g/mol. The van der Waals surface area contributed by atoms with Crippen molar-refractivity contribution in [2.24, 2.45) is 0 Å². The van der Waals surface area contributed by atoms with Crippen molar-refractivity contribution in [1.82, 2.24) is 4.57 Å². The molecule has 4 aromatic rings. The van der Waals surface area contributed by atoms with E-state index in [0.29, 0.717) is 47.6 Å². The largest absolute Gasteiger partial charge is 0.487 e. The monoisotopic (exact) mass is 500 g/mol. The fourth-order valence-corrected chi connectivity index (χ4v) is 4.86. The molecule has 5 rings (SSSR count). The molecule has 0 aliphatic carbocycles. The van der Waals surface area contributed by atoms with Gasteiger partial charge in [0.1, 0.15) is 18.1 Å². The van der Waals surface area contributed by atoms with E-state index in [0.717, 1.165) is 16.7 Å². The van der Waals surface area contributed by atoms with Crippen molar-refractivity contribution < 1.29 is 28.9 Å². The van der Waals surface area contributed by atoms with Crippen LogP contribution in [0.1, 0.15) is 27.2 Å². The molecule has 37 heavy (non-hydrogen) atoms. The van der Waals surface area contributed by atoms with Crippen LogP contribution in [-0.2, 0) is 29.0 Å². The molecule has 0 spiro atoms. The summed E-state index contributed by atoms with van der Waals surface area (Å²) in [5.74, 6) is 0.0186. The van der Waals surface area contributed by atoms with Crippen molar-refractivity contribution in [3.8, 4) is 5.75 Å². The number of amides is 1. The number of esters is 1. The third-order valence-corrected chi connectivity index (χ3v) is 6.57. The highest BCUT2D eigenvalue weighted by Gasteiger charge is 2.33. The summed E-state index contributed by atoms with van der Waals surface area (Å²) < 4.78 is 18.3. The molecular weight excluding hydrogens is 472 g/mol. The number of ether oxygens (including phenoxy) is 3. The number of carbonyl (C=O) groups is 2. The molecule has 1 aromatic heterocycles. The number of aromatic nitrogens is 1. The number of nitrogens with zero attached hydrogens (tertiary/aromatic N) is 2. The van der Waals surface area contributed by atoms with E-state index in [1.807, 2.05) is 65.2 Å². The van der Waals surface area contributed by atoms with Gasteiger partial charge in [0.2, 0.25) is 0 Å². The molecule has 0 bridgehead atoms. The second-order valence-corrected chi connectivity index (χ2v) is 8.94. The Balaban J connectivity index is 1.74. The number of hydrogen-bond donors (Lipinski definition) is 1. The molecule has 1 atom stereocenters. The summed E-state index contributed by atoms with van der Waals surface area (Å²) in [6.45, 7) is 0.788. The van der Waals surface area contributed by atoms with Crippen LogP contribution in [0.4, 0.5) is 10.5 Å². The van der Waals surface area contributed by atoms with Gasteiger partial charge in [-0.2, -0.15) is 0 Å². The first kappa shape index (κ1) is 24.4. The minimum atomic E-state index is -0.787. The molecular formula is C29H28N2O6. The van der Waals surface area contributed by atoms with Gasteiger partial charge in [-0.1, -0.05) is 60.7 Å². The van der Waals surface area contributed by atoms with Crippen LogP contribution in [0.15, 0.2) is 72.8 Å². The Morgan fingerprint density at radius 2 is 1.62 bits per heavy atom. The summed E-state index contributed by atoms with van der Waals surface area (Å²) >= 11 is 0. The van der Waals surface area contributed by atoms with Crippen molar-refractivity contribution in [1.29, 1.82) is 0 Å². The number of aliphatic hydroxyl groups excluding tert-OH is 1. The van der Waals surface area contributed by atoms with E-state index in [9.17, 15) is 14.7 Å². The first-order valence-electron chi connectivity index (χ1n) is 12.0. The summed E-state index contributed by atoms with van der Waals surface area (Å²) in [5, 5.41) is 11.4. The lowest BCUT2D eigenvalue weighted by atomic mass is 9.96. The highest BCUT2D eigenvalue weighted by molar-refractivity contribution is 6.03. The number of carbonyl (C=O) groups excluding carboxylic acids is 2. The molecule has 1 unspecified atom stereocenters. The summed E-state index contributed by atoms with van der Waals surface area (Å²) in [5.41, 5.74) is 4.34. The van der Waals surface area contributed by atoms with Crippen LogP contribution in [0.3, 0.4) is 0 Å². The Labute approximate surface area is 214 Å². The van der Waals surface area contributed by atoms with Crippen LogP contribution in [0.2, 0.25) is 0 Å². The lowest BCUT2D eigenvalue weighted by Gasteiger charge is -2.32. The first-order chi connectivity index (χ1) is 18.0. The van der Waals surface area contributed by atoms with Crippen molar-refractivity contribution in [3.63, 3.8) is 0 Å². The van der Waals surface area contributed by atoms with Crippen LogP contribution >= 0.6 is 0 Å². The number of rotatable bonds is 6. The molecule has 0 saturated heterocycles. The molecule has 3 aromatic carbocycles. The molecule has 1 aliphatic rings. The van der Waals surface area contributed by atoms with E-state index in [4.69, 9.17) is 14.2 Å². The SMILES string of the molecule is COC(=O)c1cc2c3c(cc(OCc4ccccc4)c2n1Cc1ccccc1)N(C(=O)OC)CC(O)C3. The molecule has 0 radical (unpaired) electrons. The zero-order chi connectivity index (χ0) is 25.9. The topological polar surface area (TPSA) is 90.2 Å². The molecule has 190 valence electrons. The van der Waals surface area contributed by atoms with Gasteiger partial charge in [0.05, 0.1) is 38.1 Å². The van der Waals surface area contributed by atoms with Crippen molar-refractivity contribution in [2.45, 2.75) is 25.7 Å². The number of methoxy groups -OCH3 is 2. The molecule has 8 nitrogen and oxygen atoms in total. The van der Waals surface area contributed by atoms with Gasteiger partial charge in [0.25, 0.3) is 0 Å². The van der Waals surface area contributed by atoms with Gasteiger partial charge in [-0.15, -0.1) is 0 Å². The van der Waals surface area contributed by atoms with Crippen molar-refractivity contribution in [3.05, 3.63) is 95.2 Å². The van der Waals surface area contributed by atoms with Gasteiger partial charge in [0.15, 0.2) is 0 Å². The van der Waals surface area contributed by atoms with Gasteiger partial charge in [-0.3, -0.25) is 4.90 Å². The van der Waals surface area contributed by atoms with E-state index in [2.05, 4.69) is 0 Å². The van der Waals surface area contributed by atoms with E-state index in [-0.39, 0.29) is 6.54 Å². The second-order valence-electron chi connectivity index (χ2n) is 8.94. The summed E-state index contributed by atoms with van der Waals surface area (Å²) in [6, 6.07) is 23.1. The van der Waals surface area contributed by atoms with E-state index < -0.39 is 18.2 Å². The molecule has 2 heterocycles. The molecule has 0 saturated carbocycles. The highest BCUT2D eigenvalue weighted by atomic mass is 16.5. The standard InChI is InChI=1S/C29H28N2O6/c1-35-28(33)25-14-23-22-13-21(32)17-31(29(34)36-2)24(22)15-26(37-18-20-11-7-4-8-12-20)27(23)30(25)16-19-9-5-3-6-10-19/h3-12,14-15,21,32H,13,16-18H2,1-2H3. The summed E-state index contributed by atoms with van der Waals surface area (Å²) in [7, 11) is 2.65. The zero-order valence-electron chi connectivity index (χ0n) is 20.7. The lowest BCUT2D eigenvalue weighted by Crippen LogP contribution is -2.42. The number of anilines is 1. The average Bonchev–Trinajstić information content (AvgIpc) is 3.31. The second kappa shape index (κ2) is 10.4. The molecule has 0 fully saturated rings. The van der Waals surface area contributed by atoms with E-state index in [1.54, 1.807) is 12.1 Å². The van der Waals surface area contributed by atoms with Crippen molar-refractivity contribution in [2.75, 3.05) is 25.7 Å². The number of benzene rings is 3. The number of fused-ring (bicyclic) bond motifs is 3. The predicted molar refractivity (Wildman–Crippen MR) is 139 cm³/mol. The Morgan fingerprint density at radius 1 is 0.946 bits per heavy atom. The maximum absolute atomic E-state index is 12.9. The fourth-order valence-electron chi connectivity index (χ4n) is 4.86. The van der Waals surface area contributed by atoms with Gasteiger partial charge < -0.3 is 23.9 Å². The van der Waals surface area contributed by atoms with E-state index in [1.165, 1.54) is 19.1 Å². The maximum Gasteiger partial charge on any atom is 0.414 e. The Morgan fingerprint density at radius 3 is 2.27 bits per heavy atom. The Kier molecular flexibility index (Phi) is 6.83.